The first-order valence-corrected chi connectivity index (χ1v) is 10.7. The van der Waals surface area contributed by atoms with E-state index in [-0.39, 0.29) is 18.1 Å². The lowest BCUT2D eigenvalue weighted by molar-refractivity contribution is -0.118. The number of para-hydroxylation sites is 3. The smallest absolute Gasteiger partial charge is 0.293 e. The van der Waals surface area contributed by atoms with E-state index in [0.717, 1.165) is 0 Å². The minimum absolute atomic E-state index is 0.0132. The molecule has 0 aliphatic carbocycles. The molecular weight excluding hydrogens is 436 g/mol. The van der Waals surface area contributed by atoms with E-state index in [0.29, 0.717) is 40.5 Å². The van der Waals surface area contributed by atoms with E-state index in [4.69, 9.17) is 18.6 Å². The minimum Gasteiger partial charge on any atom is -0.494 e. The molecule has 4 aromatic rings. The largest absolute Gasteiger partial charge is 0.494 e. The zero-order valence-corrected chi connectivity index (χ0v) is 18.8. The molecule has 0 bridgehead atoms. The number of ether oxygens (including phenoxy) is 3. The Balaban J connectivity index is 1.52. The molecule has 0 saturated heterocycles. The summed E-state index contributed by atoms with van der Waals surface area (Å²) in [7, 11) is 1.52. The molecule has 0 unspecified atom stereocenters. The van der Waals surface area contributed by atoms with Crippen molar-refractivity contribution in [3.8, 4) is 17.2 Å². The number of hydrogen-bond donors (Lipinski definition) is 2. The molecule has 8 nitrogen and oxygen atoms in total. The Morgan fingerprint density at radius 2 is 1.56 bits per heavy atom. The molecule has 0 radical (unpaired) electrons. The van der Waals surface area contributed by atoms with Crippen molar-refractivity contribution in [3.05, 3.63) is 78.6 Å². The van der Waals surface area contributed by atoms with Gasteiger partial charge in [0.15, 0.2) is 18.1 Å². The molecule has 1 aromatic heterocycles. The highest BCUT2D eigenvalue weighted by Crippen LogP contribution is 2.32. The molecule has 0 aliphatic heterocycles. The molecule has 0 saturated carbocycles. The van der Waals surface area contributed by atoms with Gasteiger partial charge in [0, 0.05) is 11.1 Å². The average molecular weight is 460 g/mol. The molecule has 8 heteroatoms. The van der Waals surface area contributed by atoms with Crippen molar-refractivity contribution in [2.75, 3.05) is 31.0 Å². The Bertz CT molecular complexity index is 1300. The second-order valence-corrected chi connectivity index (χ2v) is 7.20. The van der Waals surface area contributed by atoms with Crippen LogP contribution in [-0.4, -0.2) is 32.1 Å². The van der Waals surface area contributed by atoms with Crippen LogP contribution in [0.15, 0.2) is 77.2 Å². The van der Waals surface area contributed by atoms with E-state index < -0.39 is 11.8 Å². The van der Waals surface area contributed by atoms with Gasteiger partial charge >= 0.3 is 0 Å². The zero-order chi connectivity index (χ0) is 23.9. The van der Waals surface area contributed by atoms with Gasteiger partial charge in [0.05, 0.1) is 13.7 Å². The van der Waals surface area contributed by atoms with Crippen LogP contribution in [0.1, 0.15) is 17.5 Å². The summed E-state index contributed by atoms with van der Waals surface area (Å²) in [5.41, 5.74) is 1.30. The normalized spacial score (nSPS) is 10.5. The zero-order valence-electron chi connectivity index (χ0n) is 18.8. The molecular formula is C26H24N2O6. The van der Waals surface area contributed by atoms with Crippen LogP contribution in [0.2, 0.25) is 0 Å². The van der Waals surface area contributed by atoms with Crippen LogP contribution < -0.4 is 24.8 Å². The van der Waals surface area contributed by atoms with Gasteiger partial charge in [0.2, 0.25) is 5.76 Å². The Kier molecular flexibility index (Phi) is 6.98. The van der Waals surface area contributed by atoms with Gasteiger partial charge in [-0.3, -0.25) is 9.59 Å². The molecule has 0 spiro atoms. The molecule has 2 amide bonds. The number of benzene rings is 3. The van der Waals surface area contributed by atoms with Crippen molar-refractivity contribution >= 4 is 34.2 Å². The maximum Gasteiger partial charge on any atom is 0.293 e. The van der Waals surface area contributed by atoms with Crippen molar-refractivity contribution in [1.82, 2.24) is 0 Å². The predicted molar refractivity (Wildman–Crippen MR) is 129 cm³/mol. The van der Waals surface area contributed by atoms with Crippen molar-refractivity contribution < 1.29 is 28.2 Å². The van der Waals surface area contributed by atoms with Crippen LogP contribution in [0.25, 0.3) is 11.0 Å². The van der Waals surface area contributed by atoms with Gasteiger partial charge in [-0.25, -0.2) is 0 Å². The van der Waals surface area contributed by atoms with Gasteiger partial charge in [-0.05, 0) is 55.5 Å². The van der Waals surface area contributed by atoms with Gasteiger partial charge < -0.3 is 29.3 Å². The number of anilines is 2. The third-order valence-electron chi connectivity index (χ3n) is 4.92. The van der Waals surface area contributed by atoms with Gasteiger partial charge in [-0.15, -0.1) is 0 Å². The fourth-order valence-corrected chi connectivity index (χ4v) is 3.38. The van der Waals surface area contributed by atoms with Crippen molar-refractivity contribution in [2.24, 2.45) is 0 Å². The van der Waals surface area contributed by atoms with Crippen LogP contribution in [0.3, 0.4) is 0 Å². The second kappa shape index (κ2) is 10.4. The predicted octanol–water partition coefficient (Wildman–Crippen LogP) is 5.11. The van der Waals surface area contributed by atoms with Crippen LogP contribution in [0.5, 0.6) is 17.2 Å². The summed E-state index contributed by atoms with van der Waals surface area (Å²) in [6, 6.07) is 21.1. The average Bonchev–Trinajstić information content (AvgIpc) is 3.22. The SMILES string of the molecule is CCOc1ccc(NC(=O)c2oc3ccccc3c2NC(=O)COc2ccccc2OC)cc1. The summed E-state index contributed by atoms with van der Waals surface area (Å²) >= 11 is 0. The number of carbonyl (C=O) groups excluding carboxylic acids is 2. The quantitative estimate of drug-likeness (QED) is 0.360. The standard InChI is InChI=1S/C26H24N2O6/c1-3-32-18-14-12-17(13-15-18)27-26(30)25-24(19-8-4-5-9-20(19)34-25)28-23(29)16-33-22-11-7-6-10-21(22)31-2/h4-15H,3,16H2,1-2H3,(H,27,30)(H,28,29). The third-order valence-corrected chi connectivity index (χ3v) is 4.92. The molecule has 34 heavy (non-hydrogen) atoms. The summed E-state index contributed by atoms with van der Waals surface area (Å²) in [6.45, 7) is 2.17. The first kappa shape index (κ1) is 22.7. The summed E-state index contributed by atoms with van der Waals surface area (Å²) in [5.74, 6) is 0.687. The van der Waals surface area contributed by atoms with Crippen LogP contribution in [0.4, 0.5) is 11.4 Å². The van der Waals surface area contributed by atoms with Gasteiger partial charge in [0.25, 0.3) is 11.8 Å². The third kappa shape index (κ3) is 5.12. The van der Waals surface area contributed by atoms with E-state index in [1.54, 1.807) is 72.8 Å². The van der Waals surface area contributed by atoms with E-state index in [1.165, 1.54) is 7.11 Å². The number of furan rings is 1. The summed E-state index contributed by atoms with van der Waals surface area (Å²) in [5, 5.41) is 6.14. The van der Waals surface area contributed by atoms with E-state index >= 15 is 0 Å². The Hall–Kier alpha value is -4.46. The number of fused-ring (bicyclic) bond motifs is 1. The lowest BCUT2D eigenvalue weighted by Crippen LogP contribution is -2.22. The molecule has 1 heterocycles. The van der Waals surface area contributed by atoms with Crippen molar-refractivity contribution in [2.45, 2.75) is 6.92 Å². The van der Waals surface area contributed by atoms with Crippen LogP contribution in [-0.2, 0) is 4.79 Å². The molecule has 0 fully saturated rings. The monoisotopic (exact) mass is 460 g/mol. The number of hydrogen-bond acceptors (Lipinski definition) is 6. The molecule has 4 rings (SSSR count). The molecule has 3 aromatic carbocycles. The van der Waals surface area contributed by atoms with Crippen molar-refractivity contribution in [3.63, 3.8) is 0 Å². The molecule has 174 valence electrons. The Labute approximate surface area is 196 Å². The molecule has 0 aliphatic rings. The van der Waals surface area contributed by atoms with E-state index in [9.17, 15) is 9.59 Å². The maximum absolute atomic E-state index is 13.0. The van der Waals surface area contributed by atoms with E-state index in [1.807, 2.05) is 6.92 Å². The summed E-state index contributed by atoms with van der Waals surface area (Å²) < 4.78 is 22.0. The highest BCUT2D eigenvalue weighted by atomic mass is 16.5. The van der Waals surface area contributed by atoms with Gasteiger partial charge in [-0.2, -0.15) is 0 Å². The van der Waals surface area contributed by atoms with Gasteiger partial charge in [0.1, 0.15) is 17.0 Å². The Morgan fingerprint density at radius 1 is 0.853 bits per heavy atom. The number of carbonyl (C=O) groups is 2. The van der Waals surface area contributed by atoms with Gasteiger partial charge in [-0.1, -0.05) is 24.3 Å². The fraction of sp³-hybridized carbons (Fsp3) is 0.154. The van der Waals surface area contributed by atoms with Crippen molar-refractivity contribution in [1.29, 1.82) is 0 Å². The van der Waals surface area contributed by atoms with E-state index in [2.05, 4.69) is 10.6 Å². The summed E-state index contributed by atoms with van der Waals surface area (Å²) in [6.07, 6.45) is 0. The first-order valence-electron chi connectivity index (χ1n) is 10.7. The lowest BCUT2D eigenvalue weighted by atomic mass is 10.2. The Morgan fingerprint density at radius 3 is 2.29 bits per heavy atom. The fourth-order valence-electron chi connectivity index (χ4n) is 3.38. The second-order valence-electron chi connectivity index (χ2n) is 7.20. The molecule has 2 N–H and O–H groups in total. The van der Waals surface area contributed by atoms with Crippen LogP contribution in [0, 0.1) is 0 Å². The number of amides is 2. The minimum atomic E-state index is -0.499. The molecule has 0 atom stereocenters. The first-order chi connectivity index (χ1) is 16.6. The summed E-state index contributed by atoms with van der Waals surface area (Å²) in [4.78, 5) is 25.7. The maximum atomic E-state index is 13.0. The number of nitrogens with one attached hydrogen (secondary N) is 2. The topological polar surface area (TPSA) is 99.0 Å². The number of rotatable bonds is 9. The lowest BCUT2D eigenvalue weighted by Gasteiger charge is -2.11. The number of methoxy groups -OCH3 is 1. The highest BCUT2D eigenvalue weighted by molar-refractivity contribution is 6.14. The highest BCUT2D eigenvalue weighted by Gasteiger charge is 2.23. The van der Waals surface area contributed by atoms with Crippen LogP contribution >= 0.6 is 0 Å².